The second kappa shape index (κ2) is 5.71. The third kappa shape index (κ3) is 3.13. The third-order valence-electron chi connectivity index (χ3n) is 3.39. The van der Waals surface area contributed by atoms with Gasteiger partial charge in [-0.25, -0.2) is 0 Å². The minimum atomic E-state index is -0.0624. The van der Waals surface area contributed by atoms with Crippen LogP contribution in [0.1, 0.15) is 35.2 Å². The summed E-state index contributed by atoms with van der Waals surface area (Å²) in [5.74, 6) is 0.716. The minimum absolute atomic E-state index is 0.0624. The van der Waals surface area contributed by atoms with Crippen LogP contribution in [0.25, 0.3) is 0 Å². The molecule has 0 spiro atoms. The maximum atomic E-state index is 11.9. The first-order chi connectivity index (χ1) is 8.66. The maximum Gasteiger partial charge on any atom is 0.251 e. The van der Waals surface area contributed by atoms with Crippen LogP contribution in [0.3, 0.4) is 0 Å². The van der Waals surface area contributed by atoms with E-state index in [0.717, 1.165) is 31.4 Å². The van der Waals surface area contributed by atoms with E-state index < -0.39 is 0 Å². The van der Waals surface area contributed by atoms with Crippen molar-refractivity contribution in [2.75, 3.05) is 6.54 Å². The summed E-state index contributed by atoms with van der Waals surface area (Å²) in [5.41, 5.74) is 1.33. The highest BCUT2D eigenvalue weighted by molar-refractivity contribution is 5.94. The Morgan fingerprint density at radius 1 is 1.44 bits per heavy atom. The van der Waals surface area contributed by atoms with E-state index in [0.29, 0.717) is 11.5 Å². The number of rotatable bonds is 3. The zero-order chi connectivity index (χ0) is 13.0. The first-order valence-corrected chi connectivity index (χ1v) is 6.39. The number of aromatic hydroxyl groups is 1. The van der Waals surface area contributed by atoms with E-state index in [1.54, 1.807) is 25.1 Å². The molecular weight excluding hydrogens is 226 g/mol. The van der Waals surface area contributed by atoms with Crippen LogP contribution in [0.15, 0.2) is 30.4 Å². The van der Waals surface area contributed by atoms with Gasteiger partial charge in [0.25, 0.3) is 5.91 Å². The topological polar surface area (TPSA) is 49.3 Å². The van der Waals surface area contributed by atoms with Gasteiger partial charge in [0, 0.05) is 12.1 Å². The molecule has 1 amide bonds. The molecule has 0 fully saturated rings. The van der Waals surface area contributed by atoms with Gasteiger partial charge in [-0.05, 0) is 55.9 Å². The van der Waals surface area contributed by atoms with Crippen LogP contribution in [0, 0.1) is 12.8 Å². The van der Waals surface area contributed by atoms with Crippen molar-refractivity contribution in [3.8, 4) is 5.75 Å². The monoisotopic (exact) mass is 245 g/mol. The average molecular weight is 245 g/mol. The zero-order valence-corrected chi connectivity index (χ0v) is 10.6. The highest BCUT2D eigenvalue weighted by atomic mass is 16.3. The van der Waals surface area contributed by atoms with Crippen molar-refractivity contribution >= 4 is 5.91 Å². The smallest absolute Gasteiger partial charge is 0.251 e. The predicted molar refractivity (Wildman–Crippen MR) is 71.7 cm³/mol. The van der Waals surface area contributed by atoms with Gasteiger partial charge in [0.15, 0.2) is 0 Å². The minimum Gasteiger partial charge on any atom is -0.508 e. The summed E-state index contributed by atoms with van der Waals surface area (Å²) in [6.07, 6.45) is 7.69. The molecule has 0 saturated heterocycles. The molecule has 3 heteroatoms. The molecule has 0 radical (unpaired) electrons. The van der Waals surface area contributed by atoms with Crippen molar-refractivity contribution in [2.24, 2.45) is 5.92 Å². The lowest BCUT2D eigenvalue weighted by atomic mass is 9.94. The highest BCUT2D eigenvalue weighted by Crippen LogP contribution is 2.18. The summed E-state index contributed by atoms with van der Waals surface area (Å²) in [4.78, 5) is 11.9. The average Bonchev–Trinajstić information content (AvgIpc) is 2.40. The van der Waals surface area contributed by atoms with Crippen molar-refractivity contribution in [1.29, 1.82) is 0 Å². The molecule has 2 N–H and O–H groups in total. The molecule has 0 heterocycles. The molecule has 3 nitrogen and oxygen atoms in total. The maximum absolute atomic E-state index is 11.9. The predicted octanol–water partition coefficient (Wildman–Crippen LogP) is 2.79. The summed E-state index contributed by atoms with van der Waals surface area (Å²) >= 11 is 0. The first kappa shape index (κ1) is 12.7. The van der Waals surface area contributed by atoms with Crippen molar-refractivity contribution in [2.45, 2.75) is 26.2 Å². The Kier molecular flexibility index (Phi) is 4.03. The number of carbonyl (C=O) groups is 1. The standard InChI is InChI=1S/C15H19NO2/c1-11-9-13(7-8-14(11)17)15(18)16-10-12-5-3-2-4-6-12/h2-3,7-9,12,17H,4-6,10H2,1H3,(H,16,18). The summed E-state index contributed by atoms with van der Waals surface area (Å²) in [5, 5.41) is 12.4. The fourth-order valence-corrected chi connectivity index (χ4v) is 2.18. The van der Waals surface area contributed by atoms with E-state index in [-0.39, 0.29) is 11.7 Å². The summed E-state index contributed by atoms with van der Waals surface area (Å²) in [6.45, 7) is 2.52. The van der Waals surface area contributed by atoms with Crippen LogP contribution in [0.4, 0.5) is 0 Å². The molecule has 0 aromatic heterocycles. The van der Waals surface area contributed by atoms with E-state index in [1.165, 1.54) is 0 Å². The Bertz CT molecular complexity index is 466. The van der Waals surface area contributed by atoms with E-state index in [9.17, 15) is 9.90 Å². The molecule has 1 aromatic carbocycles. The normalized spacial score (nSPS) is 18.6. The number of carbonyl (C=O) groups excluding carboxylic acids is 1. The van der Waals surface area contributed by atoms with Crippen molar-refractivity contribution in [3.05, 3.63) is 41.5 Å². The van der Waals surface area contributed by atoms with Gasteiger partial charge in [-0.2, -0.15) is 0 Å². The van der Waals surface area contributed by atoms with Crippen LogP contribution < -0.4 is 5.32 Å². The van der Waals surface area contributed by atoms with Crippen molar-refractivity contribution in [3.63, 3.8) is 0 Å². The number of amides is 1. The highest BCUT2D eigenvalue weighted by Gasteiger charge is 2.12. The van der Waals surface area contributed by atoms with Gasteiger partial charge in [-0.1, -0.05) is 12.2 Å². The molecule has 1 aliphatic rings. The number of benzene rings is 1. The number of nitrogens with one attached hydrogen (secondary N) is 1. The Balaban J connectivity index is 1.91. The largest absolute Gasteiger partial charge is 0.508 e. The molecule has 0 bridgehead atoms. The summed E-state index contributed by atoms with van der Waals surface area (Å²) in [7, 11) is 0. The van der Waals surface area contributed by atoms with Crippen molar-refractivity contribution in [1.82, 2.24) is 5.32 Å². The summed E-state index contributed by atoms with van der Waals surface area (Å²) < 4.78 is 0. The van der Waals surface area contributed by atoms with E-state index in [2.05, 4.69) is 17.5 Å². The number of phenolic OH excluding ortho intramolecular Hbond substituents is 1. The Morgan fingerprint density at radius 2 is 2.28 bits per heavy atom. The van der Waals surface area contributed by atoms with E-state index >= 15 is 0 Å². The third-order valence-corrected chi connectivity index (χ3v) is 3.39. The lowest BCUT2D eigenvalue weighted by Crippen LogP contribution is -2.29. The van der Waals surface area contributed by atoms with Crippen LogP contribution in [-0.4, -0.2) is 17.6 Å². The molecule has 1 atom stereocenters. The lowest BCUT2D eigenvalue weighted by molar-refractivity contribution is 0.0946. The SMILES string of the molecule is Cc1cc(C(=O)NCC2CC=CCC2)ccc1O. The molecule has 1 aromatic rings. The van der Waals surface area contributed by atoms with Gasteiger partial charge in [-0.15, -0.1) is 0 Å². The molecule has 1 unspecified atom stereocenters. The Labute approximate surface area is 108 Å². The molecule has 96 valence electrons. The Morgan fingerprint density at radius 3 is 2.94 bits per heavy atom. The van der Waals surface area contributed by atoms with Gasteiger partial charge in [-0.3, -0.25) is 4.79 Å². The number of hydrogen-bond acceptors (Lipinski definition) is 2. The molecule has 1 aliphatic carbocycles. The second-order valence-corrected chi connectivity index (χ2v) is 4.86. The summed E-state index contributed by atoms with van der Waals surface area (Å²) in [6, 6.07) is 4.93. The van der Waals surface area contributed by atoms with E-state index in [4.69, 9.17) is 0 Å². The van der Waals surface area contributed by atoms with Gasteiger partial charge < -0.3 is 10.4 Å². The molecule has 2 rings (SSSR count). The van der Waals surface area contributed by atoms with Crippen LogP contribution in [0.5, 0.6) is 5.75 Å². The first-order valence-electron chi connectivity index (χ1n) is 6.39. The van der Waals surface area contributed by atoms with E-state index in [1.807, 2.05) is 0 Å². The van der Waals surface area contributed by atoms with Crippen LogP contribution in [-0.2, 0) is 0 Å². The van der Waals surface area contributed by atoms with Gasteiger partial charge in [0.1, 0.15) is 5.75 Å². The lowest BCUT2D eigenvalue weighted by Gasteiger charge is -2.18. The number of aryl methyl sites for hydroxylation is 1. The quantitative estimate of drug-likeness (QED) is 0.804. The van der Waals surface area contributed by atoms with Gasteiger partial charge >= 0.3 is 0 Å². The molecule has 0 saturated carbocycles. The Hall–Kier alpha value is -1.77. The zero-order valence-electron chi connectivity index (χ0n) is 10.6. The fraction of sp³-hybridized carbons (Fsp3) is 0.400. The molecule has 0 aliphatic heterocycles. The molecular formula is C15H19NO2. The van der Waals surface area contributed by atoms with Crippen LogP contribution in [0.2, 0.25) is 0 Å². The number of allylic oxidation sites excluding steroid dienone is 2. The molecule has 18 heavy (non-hydrogen) atoms. The van der Waals surface area contributed by atoms with Gasteiger partial charge in [0.05, 0.1) is 0 Å². The number of hydrogen-bond donors (Lipinski definition) is 2. The second-order valence-electron chi connectivity index (χ2n) is 4.86. The van der Waals surface area contributed by atoms with Crippen LogP contribution >= 0.6 is 0 Å². The van der Waals surface area contributed by atoms with Crippen molar-refractivity contribution < 1.29 is 9.90 Å². The van der Waals surface area contributed by atoms with Gasteiger partial charge in [0.2, 0.25) is 0 Å². The fourth-order valence-electron chi connectivity index (χ4n) is 2.18. The number of phenols is 1.